The van der Waals surface area contributed by atoms with Gasteiger partial charge in [0.15, 0.2) is 5.58 Å². The van der Waals surface area contributed by atoms with Crippen LogP contribution in [0.3, 0.4) is 0 Å². The lowest BCUT2D eigenvalue weighted by Gasteiger charge is -2.09. The summed E-state index contributed by atoms with van der Waals surface area (Å²) in [5.41, 5.74) is 0.988. The van der Waals surface area contributed by atoms with Gasteiger partial charge >= 0.3 is 5.76 Å². The van der Waals surface area contributed by atoms with Gasteiger partial charge in [0.1, 0.15) is 11.5 Å². The highest BCUT2D eigenvalue weighted by Crippen LogP contribution is 2.24. The van der Waals surface area contributed by atoms with Crippen LogP contribution < -0.4 is 15.2 Å². The molecule has 0 unspecified atom stereocenters. The second-order valence-corrected chi connectivity index (χ2v) is 7.40. The number of aromatic nitrogens is 1. The van der Waals surface area contributed by atoms with Gasteiger partial charge in [-0.05, 0) is 48.5 Å². The van der Waals surface area contributed by atoms with Crippen molar-refractivity contribution in [2.45, 2.75) is 4.90 Å². The fourth-order valence-corrected chi connectivity index (χ4v) is 3.60. The molecule has 1 heterocycles. The molecular weight excluding hydrogens is 368 g/mol. The highest BCUT2D eigenvalue weighted by atomic mass is 32.2. The Kier molecular flexibility index (Phi) is 4.17. The molecule has 136 valence electrons. The summed E-state index contributed by atoms with van der Waals surface area (Å²) < 4.78 is 38.2. The number of oxazole rings is 1. The minimum Gasteiger partial charge on any atom is -0.457 e. The molecule has 4 aromatic rings. The first-order chi connectivity index (χ1) is 13.0. The molecule has 0 radical (unpaired) electrons. The molecule has 0 spiro atoms. The maximum Gasteiger partial charge on any atom is 0.417 e. The third kappa shape index (κ3) is 3.70. The van der Waals surface area contributed by atoms with E-state index < -0.39 is 15.8 Å². The molecule has 0 atom stereocenters. The summed E-state index contributed by atoms with van der Waals surface area (Å²) in [7, 11) is -3.83. The summed E-state index contributed by atoms with van der Waals surface area (Å²) in [4.78, 5) is 13.7. The van der Waals surface area contributed by atoms with E-state index in [4.69, 9.17) is 9.15 Å². The van der Waals surface area contributed by atoms with Gasteiger partial charge in [-0.15, -0.1) is 0 Å². The van der Waals surface area contributed by atoms with Crippen LogP contribution in [0.2, 0.25) is 0 Å². The standard InChI is InChI=1S/C19H14N2O5S/c22-19-20-17-11-10-16(12-18(17)26-19)27(23,24)21-13-6-8-15(9-7-13)25-14-4-2-1-3-5-14/h1-12,21H,(H,20,22). The van der Waals surface area contributed by atoms with Crippen LogP contribution >= 0.6 is 0 Å². The average Bonchev–Trinajstić information content (AvgIpc) is 3.03. The Morgan fingerprint density at radius 2 is 1.59 bits per heavy atom. The van der Waals surface area contributed by atoms with Crippen molar-refractivity contribution < 1.29 is 17.6 Å². The number of aromatic amines is 1. The number of para-hydroxylation sites is 1. The van der Waals surface area contributed by atoms with E-state index in [1.54, 1.807) is 24.3 Å². The zero-order chi connectivity index (χ0) is 18.9. The van der Waals surface area contributed by atoms with Crippen molar-refractivity contribution in [3.63, 3.8) is 0 Å². The number of benzene rings is 3. The summed E-state index contributed by atoms with van der Waals surface area (Å²) in [6.07, 6.45) is 0. The summed E-state index contributed by atoms with van der Waals surface area (Å²) >= 11 is 0. The van der Waals surface area contributed by atoms with E-state index >= 15 is 0 Å². The normalized spacial score (nSPS) is 11.4. The summed E-state index contributed by atoms with van der Waals surface area (Å²) in [5, 5.41) is 0. The van der Waals surface area contributed by atoms with Gasteiger partial charge in [0, 0.05) is 11.8 Å². The van der Waals surface area contributed by atoms with E-state index in [9.17, 15) is 13.2 Å². The van der Waals surface area contributed by atoms with Crippen molar-refractivity contribution >= 4 is 26.8 Å². The maximum atomic E-state index is 12.6. The molecule has 27 heavy (non-hydrogen) atoms. The first-order valence-corrected chi connectivity index (χ1v) is 9.47. The highest BCUT2D eigenvalue weighted by Gasteiger charge is 2.16. The summed E-state index contributed by atoms with van der Waals surface area (Å²) in [6.45, 7) is 0. The molecule has 0 amide bonds. The van der Waals surface area contributed by atoms with Gasteiger partial charge in [-0.2, -0.15) is 0 Å². The van der Waals surface area contributed by atoms with Gasteiger partial charge in [-0.1, -0.05) is 18.2 Å². The number of fused-ring (bicyclic) bond motifs is 1. The van der Waals surface area contributed by atoms with E-state index in [0.29, 0.717) is 22.7 Å². The Morgan fingerprint density at radius 1 is 0.889 bits per heavy atom. The van der Waals surface area contributed by atoms with E-state index in [1.165, 1.54) is 18.2 Å². The maximum absolute atomic E-state index is 12.6. The molecular formula is C19H14N2O5S. The van der Waals surface area contributed by atoms with Crippen molar-refractivity contribution in [3.8, 4) is 11.5 Å². The number of ether oxygens (including phenoxy) is 1. The molecule has 0 aliphatic carbocycles. The smallest absolute Gasteiger partial charge is 0.417 e. The lowest BCUT2D eigenvalue weighted by atomic mass is 10.3. The molecule has 3 aromatic carbocycles. The Labute approximate surface area is 154 Å². The number of nitrogens with one attached hydrogen (secondary N) is 2. The lowest BCUT2D eigenvalue weighted by molar-refractivity contribution is 0.483. The fourth-order valence-electron chi connectivity index (χ4n) is 2.52. The van der Waals surface area contributed by atoms with Crippen molar-refractivity contribution in [2.24, 2.45) is 0 Å². The zero-order valence-electron chi connectivity index (χ0n) is 13.9. The Morgan fingerprint density at radius 3 is 2.33 bits per heavy atom. The number of sulfonamides is 1. The molecule has 8 heteroatoms. The lowest BCUT2D eigenvalue weighted by Crippen LogP contribution is -2.12. The third-order valence-electron chi connectivity index (χ3n) is 3.79. The van der Waals surface area contributed by atoms with Crippen LogP contribution in [-0.2, 0) is 10.0 Å². The molecule has 7 nitrogen and oxygen atoms in total. The quantitative estimate of drug-likeness (QED) is 0.548. The van der Waals surface area contributed by atoms with Crippen LogP contribution in [0.25, 0.3) is 11.1 Å². The van der Waals surface area contributed by atoms with Crippen molar-refractivity contribution in [1.29, 1.82) is 0 Å². The minimum absolute atomic E-state index is 0.0117. The van der Waals surface area contributed by atoms with Crippen LogP contribution in [0.1, 0.15) is 0 Å². The molecule has 0 saturated carbocycles. The van der Waals surface area contributed by atoms with Gasteiger partial charge in [0.05, 0.1) is 10.4 Å². The fraction of sp³-hybridized carbons (Fsp3) is 0. The molecule has 2 N–H and O–H groups in total. The van der Waals surface area contributed by atoms with Crippen LogP contribution in [0.4, 0.5) is 5.69 Å². The molecule has 0 fully saturated rings. The van der Waals surface area contributed by atoms with E-state index in [-0.39, 0.29) is 10.5 Å². The van der Waals surface area contributed by atoms with Crippen LogP contribution in [0.5, 0.6) is 11.5 Å². The number of rotatable bonds is 5. The summed E-state index contributed by atoms with van der Waals surface area (Å²) in [5.74, 6) is 0.633. The highest BCUT2D eigenvalue weighted by molar-refractivity contribution is 7.92. The van der Waals surface area contributed by atoms with E-state index in [0.717, 1.165) is 0 Å². The number of hydrogen-bond donors (Lipinski definition) is 2. The minimum atomic E-state index is -3.83. The zero-order valence-corrected chi connectivity index (χ0v) is 14.7. The number of H-pyrrole nitrogens is 1. The van der Waals surface area contributed by atoms with E-state index in [1.807, 2.05) is 30.3 Å². The second kappa shape index (κ2) is 6.65. The van der Waals surface area contributed by atoms with Gasteiger partial charge in [-0.25, -0.2) is 13.2 Å². The van der Waals surface area contributed by atoms with Gasteiger partial charge < -0.3 is 9.15 Å². The predicted octanol–water partition coefficient (Wildman–Crippen LogP) is 3.71. The van der Waals surface area contributed by atoms with Crippen LogP contribution in [0.15, 0.2) is 86.9 Å². The third-order valence-corrected chi connectivity index (χ3v) is 5.17. The molecule has 0 bridgehead atoms. The first-order valence-electron chi connectivity index (χ1n) is 7.98. The van der Waals surface area contributed by atoms with Crippen LogP contribution in [-0.4, -0.2) is 13.4 Å². The topological polar surface area (TPSA) is 101 Å². The van der Waals surface area contributed by atoms with E-state index in [2.05, 4.69) is 9.71 Å². The predicted molar refractivity (Wildman–Crippen MR) is 101 cm³/mol. The number of hydrogen-bond acceptors (Lipinski definition) is 5. The molecule has 0 saturated heterocycles. The Hall–Kier alpha value is -3.52. The van der Waals surface area contributed by atoms with Crippen molar-refractivity contribution in [3.05, 3.63) is 83.3 Å². The number of anilines is 1. The molecule has 1 aromatic heterocycles. The van der Waals surface area contributed by atoms with Crippen molar-refractivity contribution in [1.82, 2.24) is 4.98 Å². The molecule has 4 rings (SSSR count). The Bertz CT molecular complexity index is 1240. The second-order valence-electron chi connectivity index (χ2n) is 5.72. The average molecular weight is 382 g/mol. The SMILES string of the molecule is O=c1[nH]c2ccc(S(=O)(=O)Nc3ccc(Oc4ccccc4)cc3)cc2o1. The molecule has 0 aliphatic rings. The monoisotopic (exact) mass is 382 g/mol. The summed E-state index contributed by atoms with van der Waals surface area (Å²) in [6, 6.07) is 20.0. The Balaban J connectivity index is 1.54. The largest absolute Gasteiger partial charge is 0.457 e. The van der Waals surface area contributed by atoms with Crippen molar-refractivity contribution in [2.75, 3.05) is 4.72 Å². The van der Waals surface area contributed by atoms with Crippen LogP contribution in [0, 0.1) is 0 Å². The molecule has 0 aliphatic heterocycles. The van der Waals surface area contributed by atoms with Gasteiger partial charge in [0.25, 0.3) is 10.0 Å². The van der Waals surface area contributed by atoms with Gasteiger partial charge in [0.2, 0.25) is 0 Å². The first kappa shape index (κ1) is 16.9. The van der Waals surface area contributed by atoms with Gasteiger partial charge in [-0.3, -0.25) is 9.71 Å².